The van der Waals surface area contributed by atoms with Crippen molar-refractivity contribution < 1.29 is 13.2 Å². The van der Waals surface area contributed by atoms with Crippen LogP contribution in [0.15, 0.2) is 42.5 Å². The lowest BCUT2D eigenvalue weighted by Gasteiger charge is -2.31. The molecule has 0 N–H and O–H groups in total. The number of benzene rings is 2. The van der Waals surface area contributed by atoms with Gasteiger partial charge in [0.2, 0.25) is 0 Å². The molecule has 0 fully saturated rings. The highest BCUT2D eigenvalue weighted by atomic mass is 19.4. The Bertz CT molecular complexity index is 744. The lowest BCUT2D eigenvalue weighted by Crippen LogP contribution is -2.30. The molecule has 2 aromatic carbocycles. The van der Waals surface area contributed by atoms with Crippen molar-refractivity contribution in [1.82, 2.24) is 0 Å². The van der Waals surface area contributed by atoms with Crippen molar-refractivity contribution in [3.8, 4) is 6.07 Å². The average Bonchev–Trinajstić information content (AvgIpc) is 2.53. The van der Waals surface area contributed by atoms with Gasteiger partial charge in [-0.2, -0.15) is 18.4 Å². The summed E-state index contributed by atoms with van der Waals surface area (Å²) in [6.45, 7) is 1.25. The van der Waals surface area contributed by atoms with Gasteiger partial charge in [-0.1, -0.05) is 24.3 Å². The highest BCUT2D eigenvalue weighted by molar-refractivity contribution is 5.56. The fraction of sp³-hybridized carbons (Fsp3) is 0.235. The zero-order valence-corrected chi connectivity index (χ0v) is 11.7. The lowest BCUT2D eigenvalue weighted by molar-refractivity contribution is -0.137. The maximum Gasteiger partial charge on any atom is 0.417 e. The van der Waals surface area contributed by atoms with Gasteiger partial charge in [-0.3, -0.25) is 0 Å². The van der Waals surface area contributed by atoms with Crippen LogP contribution in [0.5, 0.6) is 0 Å². The van der Waals surface area contributed by atoms with Crippen molar-refractivity contribution >= 4 is 5.69 Å². The van der Waals surface area contributed by atoms with Gasteiger partial charge in [0.05, 0.1) is 17.2 Å². The molecule has 5 heteroatoms. The number of fused-ring (bicyclic) bond motifs is 1. The number of hydrogen-bond donors (Lipinski definition) is 0. The molecule has 2 aromatic rings. The molecule has 0 aromatic heterocycles. The Morgan fingerprint density at radius 3 is 2.45 bits per heavy atom. The third-order valence-electron chi connectivity index (χ3n) is 3.92. The van der Waals surface area contributed by atoms with E-state index in [4.69, 9.17) is 5.26 Å². The van der Waals surface area contributed by atoms with E-state index in [9.17, 15) is 13.2 Å². The summed E-state index contributed by atoms with van der Waals surface area (Å²) in [5.74, 6) is 0. The van der Waals surface area contributed by atoms with Crippen molar-refractivity contribution in [2.75, 3.05) is 11.4 Å². The number of anilines is 1. The minimum Gasteiger partial charge on any atom is -0.367 e. The molecule has 0 spiro atoms. The highest BCUT2D eigenvalue weighted by Gasteiger charge is 2.34. The second kappa shape index (κ2) is 5.38. The van der Waals surface area contributed by atoms with Gasteiger partial charge in [-0.05, 0) is 35.7 Å². The van der Waals surface area contributed by atoms with E-state index in [1.165, 1.54) is 11.6 Å². The predicted molar refractivity (Wildman–Crippen MR) is 77.4 cm³/mol. The molecule has 1 aliphatic rings. The second-order valence-corrected chi connectivity index (χ2v) is 5.28. The monoisotopic (exact) mass is 302 g/mol. The molecule has 1 heterocycles. The van der Waals surface area contributed by atoms with Crippen molar-refractivity contribution in [3.05, 3.63) is 64.7 Å². The maximum atomic E-state index is 13.1. The molecule has 0 aliphatic carbocycles. The molecule has 2 nitrogen and oxygen atoms in total. The van der Waals surface area contributed by atoms with Crippen LogP contribution in [-0.4, -0.2) is 6.54 Å². The summed E-state index contributed by atoms with van der Waals surface area (Å²) in [5.41, 5.74) is 1.66. The van der Waals surface area contributed by atoms with Crippen LogP contribution in [-0.2, 0) is 19.1 Å². The largest absolute Gasteiger partial charge is 0.417 e. The van der Waals surface area contributed by atoms with Crippen LogP contribution in [0.1, 0.15) is 22.3 Å². The van der Waals surface area contributed by atoms with E-state index >= 15 is 0 Å². The SMILES string of the molecule is N#Cc1ccc(N2CCc3ccccc3C2)cc1C(F)(F)F. The van der Waals surface area contributed by atoms with Crippen LogP contribution in [0.2, 0.25) is 0 Å². The standard InChI is InChI=1S/C17H13F3N2/c18-17(19,20)16-9-15(6-5-13(16)10-21)22-8-7-12-3-1-2-4-14(12)11-22/h1-6,9H,7-8,11H2. The third kappa shape index (κ3) is 2.64. The zero-order chi connectivity index (χ0) is 15.7. The molecular weight excluding hydrogens is 289 g/mol. The first-order valence-electron chi connectivity index (χ1n) is 6.92. The summed E-state index contributed by atoms with van der Waals surface area (Å²) in [5, 5.41) is 8.85. The number of nitriles is 1. The summed E-state index contributed by atoms with van der Waals surface area (Å²) in [7, 11) is 0. The van der Waals surface area contributed by atoms with Gasteiger partial charge < -0.3 is 4.90 Å². The van der Waals surface area contributed by atoms with Crippen molar-refractivity contribution in [3.63, 3.8) is 0 Å². The molecular formula is C17H13F3N2. The van der Waals surface area contributed by atoms with Crippen LogP contribution in [0, 0.1) is 11.3 Å². The van der Waals surface area contributed by atoms with E-state index in [1.54, 1.807) is 12.1 Å². The Kier molecular flexibility index (Phi) is 3.53. The van der Waals surface area contributed by atoms with Gasteiger partial charge in [0.15, 0.2) is 0 Å². The minimum absolute atomic E-state index is 0.339. The van der Waals surface area contributed by atoms with E-state index < -0.39 is 11.7 Å². The molecule has 0 unspecified atom stereocenters. The van der Waals surface area contributed by atoms with Crippen molar-refractivity contribution in [2.24, 2.45) is 0 Å². The van der Waals surface area contributed by atoms with Crippen LogP contribution < -0.4 is 4.90 Å². The van der Waals surface area contributed by atoms with Crippen LogP contribution in [0.4, 0.5) is 18.9 Å². The topological polar surface area (TPSA) is 27.0 Å². The summed E-state index contributed by atoms with van der Waals surface area (Å²) in [4.78, 5) is 1.92. The second-order valence-electron chi connectivity index (χ2n) is 5.28. The molecule has 1 aliphatic heterocycles. The predicted octanol–water partition coefficient (Wildman–Crippen LogP) is 4.14. The van der Waals surface area contributed by atoms with Crippen LogP contribution in [0.3, 0.4) is 0 Å². The molecule has 22 heavy (non-hydrogen) atoms. The van der Waals surface area contributed by atoms with Crippen molar-refractivity contribution in [1.29, 1.82) is 5.26 Å². The molecule has 0 radical (unpaired) electrons. The van der Waals surface area contributed by atoms with Crippen LogP contribution in [0.25, 0.3) is 0 Å². The van der Waals surface area contributed by atoms with Gasteiger partial charge in [0.1, 0.15) is 0 Å². The first-order chi connectivity index (χ1) is 10.5. The Morgan fingerprint density at radius 2 is 1.77 bits per heavy atom. The lowest BCUT2D eigenvalue weighted by atomic mass is 9.98. The molecule has 0 bridgehead atoms. The fourth-order valence-electron chi connectivity index (χ4n) is 2.78. The summed E-state index contributed by atoms with van der Waals surface area (Å²) in [6, 6.07) is 13.5. The Balaban J connectivity index is 1.96. The number of nitrogens with zero attached hydrogens (tertiary/aromatic N) is 2. The third-order valence-corrected chi connectivity index (χ3v) is 3.92. The Morgan fingerprint density at radius 1 is 1.05 bits per heavy atom. The van der Waals surface area contributed by atoms with Crippen molar-refractivity contribution in [2.45, 2.75) is 19.1 Å². The normalized spacial score (nSPS) is 14.4. The van der Waals surface area contributed by atoms with E-state index in [2.05, 4.69) is 0 Å². The van der Waals surface area contributed by atoms with Gasteiger partial charge in [-0.15, -0.1) is 0 Å². The Labute approximate surface area is 126 Å². The quantitative estimate of drug-likeness (QED) is 0.791. The van der Waals surface area contributed by atoms with E-state index in [0.29, 0.717) is 18.8 Å². The summed E-state index contributed by atoms with van der Waals surface area (Å²) in [6.07, 6.45) is -3.72. The highest BCUT2D eigenvalue weighted by Crippen LogP contribution is 2.35. The summed E-state index contributed by atoms with van der Waals surface area (Å²) < 4.78 is 39.2. The molecule has 0 saturated heterocycles. The summed E-state index contributed by atoms with van der Waals surface area (Å²) >= 11 is 0. The molecule has 0 amide bonds. The van der Waals surface area contributed by atoms with E-state index in [-0.39, 0.29) is 5.56 Å². The molecule has 112 valence electrons. The molecule has 0 atom stereocenters. The van der Waals surface area contributed by atoms with Crippen LogP contribution >= 0.6 is 0 Å². The average molecular weight is 302 g/mol. The smallest absolute Gasteiger partial charge is 0.367 e. The van der Waals surface area contributed by atoms with Gasteiger partial charge in [-0.25, -0.2) is 0 Å². The van der Waals surface area contributed by atoms with Gasteiger partial charge in [0, 0.05) is 18.8 Å². The minimum atomic E-state index is -4.52. The number of rotatable bonds is 1. The number of alkyl halides is 3. The van der Waals surface area contributed by atoms with Gasteiger partial charge in [0.25, 0.3) is 0 Å². The maximum absolute atomic E-state index is 13.1. The number of halogens is 3. The molecule has 3 rings (SSSR count). The van der Waals surface area contributed by atoms with Gasteiger partial charge >= 0.3 is 6.18 Å². The first-order valence-corrected chi connectivity index (χ1v) is 6.92. The van der Waals surface area contributed by atoms with E-state index in [1.807, 2.05) is 29.2 Å². The fourth-order valence-corrected chi connectivity index (χ4v) is 2.78. The zero-order valence-electron chi connectivity index (χ0n) is 11.7. The van der Waals surface area contributed by atoms with E-state index in [0.717, 1.165) is 18.1 Å². The Hall–Kier alpha value is -2.48. The number of hydrogen-bond acceptors (Lipinski definition) is 2. The molecule has 0 saturated carbocycles. The first kappa shape index (κ1) is 14.5.